The number of anilines is 2. The lowest BCUT2D eigenvalue weighted by Gasteiger charge is -2.18. The first-order valence-electron chi connectivity index (χ1n) is 8.38. The highest BCUT2D eigenvalue weighted by atomic mass is 19.1. The first-order chi connectivity index (χ1) is 12.6. The number of amides is 1. The molecule has 1 amide bonds. The minimum atomic E-state index is -0.901. The Morgan fingerprint density at radius 3 is 2.62 bits per heavy atom. The molecule has 1 fully saturated rings. The number of benzene rings is 2. The molecule has 3 aromatic rings. The normalized spacial score (nSPS) is 14.0. The summed E-state index contributed by atoms with van der Waals surface area (Å²) in [4.78, 5) is 23.1. The molecular formula is C19H16F2N4O. The lowest BCUT2D eigenvalue weighted by Crippen LogP contribution is -2.19. The van der Waals surface area contributed by atoms with Gasteiger partial charge in [-0.05, 0) is 43.2 Å². The second-order valence-corrected chi connectivity index (χ2v) is 6.20. The molecule has 0 spiro atoms. The molecule has 1 aliphatic rings. The lowest BCUT2D eigenvalue weighted by molar-refractivity contribution is 0.102. The standard InChI is InChI=1S/C19H16F2N4O/c20-12-3-5-14(16(21)9-12)19(26)24-13-4-6-15-17(10-13)22-11-23-18(15)25-7-1-2-8-25/h3-6,9-11H,1-2,7-8H2,(H,24,26). The predicted molar refractivity (Wildman–Crippen MR) is 95.3 cm³/mol. The number of nitrogens with one attached hydrogen (secondary N) is 1. The maximum Gasteiger partial charge on any atom is 0.258 e. The summed E-state index contributed by atoms with van der Waals surface area (Å²) in [5.41, 5.74) is 0.962. The first-order valence-corrected chi connectivity index (χ1v) is 8.38. The minimum Gasteiger partial charge on any atom is -0.356 e. The smallest absolute Gasteiger partial charge is 0.258 e. The average molecular weight is 354 g/mol. The van der Waals surface area contributed by atoms with Crippen LogP contribution in [0.15, 0.2) is 42.7 Å². The summed E-state index contributed by atoms with van der Waals surface area (Å²) in [6.07, 6.45) is 3.78. The quantitative estimate of drug-likeness (QED) is 0.778. The molecule has 0 bridgehead atoms. The van der Waals surface area contributed by atoms with Gasteiger partial charge in [-0.3, -0.25) is 4.79 Å². The molecule has 0 atom stereocenters. The Balaban J connectivity index is 1.62. The van der Waals surface area contributed by atoms with Crippen molar-refractivity contribution in [2.75, 3.05) is 23.3 Å². The molecule has 26 heavy (non-hydrogen) atoms. The average Bonchev–Trinajstić information content (AvgIpc) is 3.15. The Kier molecular flexibility index (Phi) is 4.20. The van der Waals surface area contributed by atoms with E-state index in [1.165, 1.54) is 6.33 Å². The van der Waals surface area contributed by atoms with Gasteiger partial charge in [0.05, 0.1) is 11.1 Å². The van der Waals surface area contributed by atoms with Crippen LogP contribution >= 0.6 is 0 Å². The Bertz CT molecular complexity index is 986. The second-order valence-electron chi connectivity index (χ2n) is 6.20. The van der Waals surface area contributed by atoms with Crippen molar-refractivity contribution in [1.82, 2.24) is 9.97 Å². The van der Waals surface area contributed by atoms with Crippen molar-refractivity contribution in [1.29, 1.82) is 0 Å². The second kappa shape index (κ2) is 6.67. The summed E-state index contributed by atoms with van der Waals surface area (Å²) >= 11 is 0. The van der Waals surface area contributed by atoms with Crippen LogP contribution in [0.25, 0.3) is 10.9 Å². The zero-order valence-corrected chi connectivity index (χ0v) is 13.9. The fraction of sp³-hybridized carbons (Fsp3) is 0.211. The number of fused-ring (bicyclic) bond motifs is 1. The lowest BCUT2D eigenvalue weighted by atomic mass is 10.1. The van der Waals surface area contributed by atoms with Crippen LogP contribution in [0.1, 0.15) is 23.2 Å². The predicted octanol–water partition coefficient (Wildman–Crippen LogP) is 3.76. The van der Waals surface area contributed by atoms with E-state index in [9.17, 15) is 13.6 Å². The van der Waals surface area contributed by atoms with E-state index in [4.69, 9.17) is 0 Å². The van der Waals surface area contributed by atoms with Gasteiger partial charge in [-0.15, -0.1) is 0 Å². The van der Waals surface area contributed by atoms with Crippen LogP contribution in [0, 0.1) is 11.6 Å². The number of nitrogens with zero attached hydrogens (tertiary/aromatic N) is 3. The molecule has 1 aromatic heterocycles. The highest BCUT2D eigenvalue weighted by Crippen LogP contribution is 2.28. The molecule has 132 valence electrons. The van der Waals surface area contributed by atoms with Crippen LogP contribution in [0.5, 0.6) is 0 Å². The van der Waals surface area contributed by atoms with Crippen LogP contribution < -0.4 is 10.2 Å². The zero-order chi connectivity index (χ0) is 18.1. The van der Waals surface area contributed by atoms with E-state index in [-0.39, 0.29) is 5.56 Å². The van der Waals surface area contributed by atoms with Crippen LogP contribution in [0.2, 0.25) is 0 Å². The molecule has 1 N–H and O–H groups in total. The van der Waals surface area contributed by atoms with E-state index in [1.54, 1.807) is 12.1 Å². The monoisotopic (exact) mass is 354 g/mol. The number of halogens is 2. The topological polar surface area (TPSA) is 58.1 Å². The molecule has 5 nitrogen and oxygen atoms in total. The zero-order valence-electron chi connectivity index (χ0n) is 13.9. The molecule has 1 aliphatic heterocycles. The third-order valence-corrected chi connectivity index (χ3v) is 4.45. The summed E-state index contributed by atoms with van der Waals surface area (Å²) in [7, 11) is 0. The Morgan fingerprint density at radius 1 is 1.04 bits per heavy atom. The molecule has 2 aromatic carbocycles. The Labute approximate surface area is 148 Å². The van der Waals surface area contributed by atoms with Crippen molar-refractivity contribution in [3.8, 4) is 0 Å². The van der Waals surface area contributed by atoms with Gasteiger partial charge in [0.15, 0.2) is 0 Å². The van der Waals surface area contributed by atoms with E-state index in [0.717, 1.165) is 49.3 Å². The number of hydrogen-bond donors (Lipinski definition) is 1. The maximum absolute atomic E-state index is 13.8. The fourth-order valence-corrected chi connectivity index (χ4v) is 3.17. The van der Waals surface area contributed by atoms with Crippen molar-refractivity contribution >= 4 is 28.3 Å². The molecule has 0 saturated carbocycles. The number of carbonyl (C=O) groups excluding carboxylic acids is 1. The van der Waals surface area contributed by atoms with Crippen LogP contribution in [-0.2, 0) is 0 Å². The molecule has 0 radical (unpaired) electrons. The Hall–Kier alpha value is -3.09. The van der Waals surface area contributed by atoms with Crippen molar-refractivity contribution < 1.29 is 13.6 Å². The summed E-state index contributed by atoms with van der Waals surface area (Å²) in [6, 6.07) is 8.15. The van der Waals surface area contributed by atoms with Crippen molar-refractivity contribution in [2.24, 2.45) is 0 Å². The highest BCUT2D eigenvalue weighted by molar-refractivity contribution is 6.05. The minimum absolute atomic E-state index is 0.216. The van der Waals surface area contributed by atoms with E-state index in [1.807, 2.05) is 6.07 Å². The Morgan fingerprint density at radius 2 is 1.85 bits per heavy atom. The molecule has 4 rings (SSSR count). The van der Waals surface area contributed by atoms with E-state index < -0.39 is 17.5 Å². The summed E-state index contributed by atoms with van der Waals surface area (Å²) in [5, 5.41) is 3.53. The van der Waals surface area contributed by atoms with Crippen LogP contribution in [0.3, 0.4) is 0 Å². The molecular weight excluding hydrogens is 338 g/mol. The van der Waals surface area contributed by atoms with Gasteiger partial charge < -0.3 is 10.2 Å². The van der Waals surface area contributed by atoms with Gasteiger partial charge in [-0.25, -0.2) is 18.7 Å². The van der Waals surface area contributed by atoms with E-state index in [2.05, 4.69) is 20.2 Å². The fourth-order valence-electron chi connectivity index (χ4n) is 3.17. The van der Waals surface area contributed by atoms with Gasteiger partial charge >= 0.3 is 0 Å². The van der Waals surface area contributed by atoms with Crippen molar-refractivity contribution in [2.45, 2.75) is 12.8 Å². The van der Waals surface area contributed by atoms with Crippen LogP contribution in [-0.4, -0.2) is 29.0 Å². The van der Waals surface area contributed by atoms with Gasteiger partial charge in [0.1, 0.15) is 23.8 Å². The summed E-state index contributed by atoms with van der Waals surface area (Å²) < 4.78 is 26.7. The van der Waals surface area contributed by atoms with Crippen molar-refractivity contribution in [3.05, 3.63) is 59.9 Å². The highest BCUT2D eigenvalue weighted by Gasteiger charge is 2.17. The van der Waals surface area contributed by atoms with Crippen LogP contribution in [0.4, 0.5) is 20.3 Å². The maximum atomic E-state index is 13.8. The molecule has 7 heteroatoms. The molecule has 0 aliphatic carbocycles. The number of aromatic nitrogens is 2. The third-order valence-electron chi connectivity index (χ3n) is 4.45. The SMILES string of the molecule is O=C(Nc1ccc2c(N3CCCC3)ncnc2c1)c1ccc(F)cc1F. The first kappa shape index (κ1) is 16.4. The third kappa shape index (κ3) is 3.08. The molecule has 2 heterocycles. The molecule has 1 saturated heterocycles. The van der Waals surface area contributed by atoms with Gasteiger partial charge in [0.25, 0.3) is 5.91 Å². The summed E-state index contributed by atoms with van der Waals surface area (Å²) in [6.45, 7) is 1.93. The van der Waals surface area contributed by atoms with Gasteiger partial charge in [0, 0.05) is 30.2 Å². The van der Waals surface area contributed by atoms with Gasteiger partial charge in [0.2, 0.25) is 0 Å². The van der Waals surface area contributed by atoms with E-state index in [0.29, 0.717) is 17.3 Å². The number of rotatable bonds is 3. The number of carbonyl (C=O) groups is 1. The van der Waals surface area contributed by atoms with E-state index >= 15 is 0 Å². The summed E-state index contributed by atoms with van der Waals surface area (Å²) in [5.74, 6) is -1.39. The molecule has 0 unspecified atom stereocenters. The van der Waals surface area contributed by atoms with Gasteiger partial charge in [-0.1, -0.05) is 0 Å². The number of hydrogen-bond acceptors (Lipinski definition) is 4. The largest absolute Gasteiger partial charge is 0.356 e. The van der Waals surface area contributed by atoms with Gasteiger partial charge in [-0.2, -0.15) is 0 Å². The van der Waals surface area contributed by atoms with Crippen molar-refractivity contribution in [3.63, 3.8) is 0 Å².